The van der Waals surface area contributed by atoms with Crippen molar-refractivity contribution in [1.29, 1.82) is 0 Å². The van der Waals surface area contributed by atoms with Gasteiger partial charge < -0.3 is 25.7 Å². The van der Waals surface area contributed by atoms with Crippen molar-refractivity contribution in [2.24, 2.45) is 0 Å². The number of hydrogen-bond acceptors (Lipinski definition) is 4. The van der Waals surface area contributed by atoms with Crippen LogP contribution in [-0.4, -0.2) is 47.1 Å². The van der Waals surface area contributed by atoms with Crippen LogP contribution in [0.4, 0.5) is 0 Å². The lowest BCUT2D eigenvalue weighted by Gasteiger charge is -2.18. The van der Waals surface area contributed by atoms with Gasteiger partial charge in [-0.05, 0) is 32.9 Å². The highest BCUT2D eigenvalue weighted by Gasteiger charge is 2.22. The molecule has 0 saturated heterocycles. The number of carbonyl (C=O) groups excluding carboxylic acids is 4. The molecule has 0 saturated carbocycles. The molecule has 0 aliphatic rings. The van der Waals surface area contributed by atoms with E-state index in [1.165, 1.54) is 20.8 Å². The van der Waals surface area contributed by atoms with E-state index in [4.69, 9.17) is 0 Å². The second-order valence-electron chi connectivity index (χ2n) is 6.13. The molecule has 2 aromatic rings. The molecule has 2 rings (SSSR count). The quantitative estimate of drug-likeness (QED) is 0.539. The van der Waals surface area contributed by atoms with Crippen LogP contribution in [0.15, 0.2) is 30.3 Å². The molecule has 1 aromatic carbocycles. The average molecular weight is 358 g/mol. The van der Waals surface area contributed by atoms with E-state index >= 15 is 0 Å². The number of H-pyrrole nitrogens is 1. The molecule has 3 unspecified atom stereocenters. The molecule has 0 spiro atoms. The molecule has 1 aromatic heterocycles. The number of rotatable bonds is 7. The summed E-state index contributed by atoms with van der Waals surface area (Å²) in [6.07, 6.45) is 0.593. The molecule has 8 nitrogen and oxygen atoms in total. The number of fused-ring (bicyclic) bond motifs is 1. The van der Waals surface area contributed by atoms with Gasteiger partial charge in [0.05, 0.1) is 6.04 Å². The van der Waals surface area contributed by atoms with Crippen molar-refractivity contribution in [2.45, 2.75) is 38.9 Å². The van der Waals surface area contributed by atoms with Crippen LogP contribution < -0.4 is 16.0 Å². The van der Waals surface area contributed by atoms with E-state index in [1.54, 1.807) is 6.07 Å². The third-order valence-electron chi connectivity index (χ3n) is 3.84. The maximum Gasteiger partial charge on any atom is 0.268 e. The van der Waals surface area contributed by atoms with Crippen LogP contribution in [-0.2, 0) is 14.4 Å². The van der Waals surface area contributed by atoms with Gasteiger partial charge in [-0.2, -0.15) is 0 Å². The van der Waals surface area contributed by atoms with Crippen molar-refractivity contribution in [3.8, 4) is 0 Å². The minimum atomic E-state index is -0.840. The Bertz CT molecular complexity index is 796. The Labute approximate surface area is 150 Å². The topological polar surface area (TPSA) is 120 Å². The monoisotopic (exact) mass is 358 g/mol. The van der Waals surface area contributed by atoms with Gasteiger partial charge in [0, 0.05) is 10.9 Å². The van der Waals surface area contributed by atoms with Gasteiger partial charge in [0.25, 0.3) is 5.91 Å². The van der Waals surface area contributed by atoms with Gasteiger partial charge in [-0.1, -0.05) is 18.2 Å². The summed E-state index contributed by atoms with van der Waals surface area (Å²) in [5.74, 6) is -1.40. The first kappa shape index (κ1) is 19.2. The van der Waals surface area contributed by atoms with E-state index in [-0.39, 0.29) is 0 Å². The van der Waals surface area contributed by atoms with E-state index in [0.29, 0.717) is 12.0 Å². The average Bonchev–Trinajstić information content (AvgIpc) is 3.05. The predicted octanol–water partition coefficient (Wildman–Crippen LogP) is 0.495. The first-order valence-corrected chi connectivity index (χ1v) is 8.26. The molecule has 0 aliphatic carbocycles. The first-order chi connectivity index (χ1) is 12.3. The van der Waals surface area contributed by atoms with Gasteiger partial charge in [-0.15, -0.1) is 0 Å². The molecular weight excluding hydrogens is 336 g/mol. The third kappa shape index (κ3) is 4.69. The summed E-state index contributed by atoms with van der Waals surface area (Å²) < 4.78 is 0. The van der Waals surface area contributed by atoms with Crippen molar-refractivity contribution < 1.29 is 19.2 Å². The number of aromatic nitrogens is 1. The third-order valence-corrected chi connectivity index (χ3v) is 3.84. The van der Waals surface area contributed by atoms with Crippen LogP contribution in [0.3, 0.4) is 0 Å². The lowest BCUT2D eigenvalue weighted by atomic mass is 10.2. The van der Waals surface area contributed by atoms with Crippen molar-refractivity contribution in [2.75, 3.05) is 0 Å². The van der Waals surface area contributed by atoms with Gasteiger partial charge in [-0.25, -0.2) is 0 Å². The molecule has 0 fully saturated rings. The molecule has 26 heavy (non-hydrogen) atoms. The van der Waals surface area contributed by atoms with E-state index in [2.05, 4.69) is 20.9 Å². The molecule has 3 atom stereocenters. The number of carbonyl (C=O) groups is 4. The van der Waals surface area contributed by atoms with Crippen molar-refractivity contribution >= 4 is 34.9 Å². The molecule has 1 heterocycles. The number of hydrogen-bond donors (Lipinski definition) is 4. The molecule has 0 radical (unpaired) electrons. The summed E-state index contributed by atoms with van der Waals surface area (Å²) in [5, 5.41) is 8.42. The number of nitrogens with one attached hydrogen (secondary N) is 4. The lowest BCUT2D eigenvalue weighted by molar-refractivity contribution is -0.130. The Morgan fingerprint density at radius 1 is 0.962 bits per heavy atom. The van der Waals surface area contributed by atoms with E-state index < -0.39 is 35.8 Å². The Hall–Kier alpha value is -3.16. The second kappa shape index (κ2) is 8.28. The number of amides is 3. The van der Waals surface area contributed by atoms with Crippen LogP contribution in [0.5, 0.6) is 0 Å². The summed E-state index contributed by atoms with van der Waals surface area (Å²) in [6, 6.07) is 6.83. The van der Waals surface area contributed by atoms with Crippen LogP contribution >= 0.6 is 0 Å². The second-order valence-corrected chi connectivity index (χ2v) is 6.13. The predicted molar refractivity (Wildman–Crippen MR) is 96.5 cm³/mol. The minimum absolute atomic E-state index is 0.344. The standard InChI is InChI=1S/C18H22N4O4/c1-10(9-23)19-16(24)11(2)20-17(25)12(3)21-18(26)15-8-13-6-4-5-7-14(13)22-15/h4-12,22H,1-3H3,(H,19,24)(H,20,25)(H,21,26). The highest BCUT2D eigenvalue weighted by molar-refractivity contribution is 6.00. The van der Waals surface area contributed by atoms with Crippen LogP contribution in [0, 0.1) is 0 Å². The largest absolute Gasteiger partial charge is 0.351 e. The lowest BCUT2D eigenvalue weighted by Crippen LogP contribution is -2.52. The smallest absolute Gasteiger partial charge is 0.268 e. The Morgan fingerprint density at radius 3 is 2.23 bits per heavy atom. The number of aromatic amines is 1. The molecule has 3 amide bonds. The SMILES string of the molecule is CC(C=O)NC(=O)C(C)NC(=O)C(C)NC(=O)c1cc2ccccc2[nH]1. The van der Waals surface area contributed by atoms with Crippen molar-refractivity contribution in [3.63, 3.8) is 0 Å². The molecule has 8 heteroatoms. The normalized spacial score (nSPS) is 14.1. The first-order valence-electron chi connectivity index (χ1n) is 8.26. The van der Waals surface area contributed by atoms with Gasteiger partial charge in [-0.3, -0.25) is 14.4 Å². The Kier molecular flexibility index (Phi) is 6.11. The zero-order valence-corrected chi connectivity index (χ0v) is 14.8. The van der Waals surface area contributed by atoms with Gasteiger partial charge in [0.15, 0.2) is 0 Å². The van der Waals surface area contributed by atoms with Crippen LogP contribution in [0.25, 0.3) is 10.9 Å². The molecule has 0 bridgehead atoms. The summed E-state index contributed by atoms with van der Waals surface area (Å²) in [6.45, 7) is 4.55. The zero-order valence-electron chi connectivity index (χ0n) is 14.8. The Balaban J connectivity index is 1.92. The number of aldehydes is 1. The molecule has 0 aliphatic heterocycles. The van der Waals surface area contributed by atoms with E-state index in [9.17, 15) is 19.2 Å². The van der Waals surface area contributed by atoms with Gasteiger partial charge in [0.2, 0.25) is 11.8 Å². The maximum absolute atomic E-state index is 12.3. The van der Waals surface area contributed by atoms with Crippen LogP contribution in [0.2, 0.25) is 0 Å². The van der Waals surface area contributed by atoms with Crippen molar-refractivity contribution in [1.82, 2.24) is 20.9 Å². The number of para-hydroxylation sites is 1. The van der Waals surface area contributed by atoms with Gasteiger partial charge in [0.1, 0.15) is 24.1 Å². The van der Waals surface area contributed by atoms with Crippen LogP contribution in [0.1, 0.15) is 31.3 Å². The maximum atomic E-state index is 12.3. The summed E-state index contributed by atoms with van der Waals surface area (Å²) in [5.41, 5.74) is 1.17. The molecular formula is C18H22N4O4. The summed E-state index contributed by atoms with van der Waals surface area (Å²) in [4.78, 5) is 49.8. The minimum Gasteiger partial charge on any atom is -0.351 e. The Morgan fingerprint density at radius 2 is 1.58 bits per heavy atom. The fourth-order valence-corrected chi connectivity index (χ4v) is 2.32. The highest BCUT2D eigenvalue weighted by atomic mass is 16.2. The van der Waals surface area contributed by atoms with E-state index in [0.717, 1.165) is 10.9 Å². The zero-order chi connectivity index (χ0) is 19.3. The molecule has 4 N–H and O–H groups in total. The van der Waals surface area contributed by atoms with Gasteiger partial charge >= 0.3 is 0 Å². The fraction of sp³-hybridized carbons (Fsp3) is 0.333. The molecule has 138 valence electrons. The van der Waals surface area contributed by atoms with Crippen molar-refractivity contribution in [3.05, 3.63) is 36.0 Å². The summed E-state index contributed by atoms with van der Waals surface area (Å²) >= 11 is 0. The fourth-order valence-electron chi connectivity index (χ4n) is 2.32. The summed E-state index contributed by atoms with van der Waals surface area (Å²) in [7, 11) is 0. The van der Waals surface area contributed by atoms with E-state index in [1.807, 2.05) is 24.3 Å². The highest BCUT2D eigenvalue weighted by Crippen LogP contribution is 2.14. The number of benzene rings is 1.